The molecule has 0 saturated carbocycles. The molecule has 0 aromatic carbocycles. The van der Waals surface area contributed by atoms with Crippen molar-refractivity contribution < 1.29 is 55.1 Å². The third-order valence-corrected chi connectivity index (χ3v) is 17.4. The highest BCUT2D eigenvalue weighted by molar-refractivity contribution is 6.75. The number of alkyl halides is 7. The fourth-order valence-electron chi connectivity index (χ4n) is 7.57. The van der Waals surface area contributed by atoms with Crippen molar-refractivity contribution in [2.75, 3.05) is 13.1 Å². The number of rotatable bonds is 19. The smallest absolute Gasteiger partial charge is 0.324 e. The molecule has 5 aromatic rings. The molecule has 1 fully saturated rings. The molecule has 0 aliphatic carbocycles. The standard InChI is InChI=1S/C15H18ClF3N4O2.C14H20ClF3N4O.C14H23ClN2OSi.C11H14Cl2N2O.C11H15ClN2O/c1-14(2,3)11(24)5-9-4-8(12(16)22-21-9)6-23-7-10(15(17,18)19)20-13(23)25;1-13(2,3)11(23)5-9-4-8(12(15)22-21-9)6-20-7-10(19)14(16,17)18;1-14(2,3)12(18)8-11-7-10(9-19(4,5)6)13(15)17-16-11;1-11(2,3)9(16)5-8-4-7(6-12)10(13)15-14-8;1-7-5-8(13-14-10(7)12)6-9(15)11(2,3)4/h4,10H,5-7H2,1-3H3,(H,20,25);4,10,20H,5-7,19H2,1-3H3;7H,8-9H2,1-6H3;4H,5-6H2,1-3H3;5H,6H2,1-4H3/t2*10-;;;/m00.../s1. The Balaban J connectivity index is 0.000000422. The molecule has 98 heavy (non-hydrogen) atoms. The summed E-state index contributed by atoms with van der Waals surface area (Å²) in [6.45, 7) is 35.4. The Morgan fingerprint density at radius 3 is 1.14 bits per heavy atom. The molecule has 33 heteroatoms. The number of nitrogens with two attached hydrogens (primary N) is 1. The van der Waals surface area contributed by atoms with Crippen LogP contribution in [-0.2, 0) is 81.1 Å². The van der Waals surface area contributed by atoms with Crippen LogP contribution >= 0.6 is 69.6 Å². The molecule has 0 bridgehead atoms. The zero-order valence-electron chi connectivity index (χ0n) is 58.8. The zero-order valence-corrected chi connectivity index (χ0v) is 64.3. The van der Waals surface area contributed by atoms with Crippen LogP contribution in [0.5, 0.6) is 0 Å². The lowest BCUT2D eigenvalue weighted by molar-refractivity contribution is -0.150. The number of hydrogen-bond acceptors (Lipinski definition) is 18. The van der Waals surface area contributed by atoms with Crippen molar-refractivity contribution in [2.24, 2.45) is 32.8 Å². The fourth-order valence-corrected chi connectivity index (χ4v) is 10.1. The Kier molecular flexibility index (Phi) is 33.3. The van der Waals surface area contributed by atoms with Crippen LogP contribution < -0.4 is 16.4 Å². The average Bonchev–Trinajstić information content (AvgIpc) is 1.59. The second-order valence-corrected chi connectivity index (χ2v) is 37.3. The Hall–Kier alpha value is -5.52. The summed E-state index contributed by atoms with van der Waals surface area (Å²) < 4.78 is 75.1. The normalized spacial score (nSPS) is 14.1. The minimum Gasteiger partial charge on any atom is -0.324 e. The molecule has 0 spiro atoms. The van der Waals surface area contributed by atoms with Gasteiger partial charge in [-0.1, -0.05) is 182 Å². The van der Waals surface area contributed by atoms with Crippen molar-refractivity contribution >= 4 is 113 Å². The van der Waals surface area contributed by atoms with Crippen LogP contribution in [0.25, 0.3) is 0 Å². The second kappa shape index (κ2) is 36.9. The first-order valence-electron chi connectivity index (χ1n) is 30.8. The van der Waals surface area contributed by atoms with Gasteiger partial charge in [0, 0.05) is 64.9 Å². The van der Waals surface area contributed by atoms with Crippen LogP contribution in [0.15, 0.2) is 30.3 Å². The molecular formula is C65H90Cl6F6N14O6Si. The third kappa shape index (κ3) is 32.0. The maximum absolute atomic E-state index is 12.7. The van der Waals surface area contributed by atoms with Gasteiger partial charge >= 0.3 is 18.4 Å². The SMILES string of the molecule is CC(C)(C)C(=O)Cc1cc(CCl)c(Cl)nn1.CC(C)(C)C(=O)Cc1cc(CN2C[C@@H](C(F)(F)F)NC2=O)c(Cl)nn1.CC(C)(C)C(=O)Cc1cc(CNC[C@H](N)C(F)(F)F)c(Cl)nn1.CC(C)(C)C(=O)Cc1cc(C[Si](C)(C)C)c(Cl)nn1.Cc1cc(CC(=O)C(C)(C)C)nnc1Cl. The summed E-state index contributed by atoms with van der Waals surface area (Å²) in [5.41, 5.74) is 9.04. The van der Waals surface area contributed by atoms with E-state index in [1.165, 1.54) is 6.07 Å². The Morgan fingerprint density at radius 1 is 0.520 bits per heavy atom. The minimum absolute atomic E-state index is 0.0183. The predicted octanol–water partition coefficient (Wildman–Crippen LogP) is 14.3. The van der Waals surface area contributed by atoms with Gasteiger partial charge in [0.15, 0.2) is 25.8 Å². The molecule has 1 aliphatic rings. The van der Waals surface area contributed by atoms with Crippen LogP contribution in [0.3, 0.4) is 0 Å². The Labute approximate surface area is 601 Å². The van der Waals surface area contributed by atoms with Gasteiger partial charge in [-0.15, -0.1) is 37.1 Å². The first-order chi connectivity index (χ1) is 44.4. The maximum Gasteiger partial charge on any atom is 0.410 e. The van der Waals surface area contributed by atoms with Gasteiger partial charge in [-0.25, -0.2) is 4.79 Å². The third-order valence-electron chi connectivity index (χ3n) is 14.1. The molecule has 5 aromatic heterocycles. The molecule has 6 rings (SSSR count). The molecule has 2 atom stereocenters. The van der Waals surface area contributed by atoms with Crippen molar-refractivity contribution in [1.29, 1.82) is 0 Å². The van der Waals surface area contributed by atoms with Crippen LogP contribution in [0, 0.1) is 34.0 Å². The van der Waals surface area contributed by atoms with E-state index in [2.05, 4.69) is 75.9 Å². The number of nitrogens with one attached hydrogen (secondary N) is 2. The van der Waals surface area contributed by atoms with Gasteiger partial charge in [0.25, 0.3) is 0 Å². The summed E-state index contributed by atoms with van der Waals surface area (Å²) in [4.78, 5) is 72.3. The highest BCUT2D eigenvalue weighted by atomic mass is 35.5. The number of urea groups is 1. The van der Waals surface area contributed by atoms with Crippen LogP contribution in [0.1, 0.15) is 160 Å². The van der Waals surface area contributed by atoms with Crippen molar-refractivity contribution in [1.82, 2.24) is 66.5 Å². The fraction of sp³-hybridized carbons (Fsp3) is 0.600. The largest absolute Gasteiger partial charge is 0.410 e. The average molecular weight is 1520 g/mol. The molecule has 0 unspecified atom stereocenters. The molecule has 4 N–H and O–H groups in total. The van der Waals surface area contributed by atoms with Crippen molar-refractivity contribution in [2.45, 2.75) is 212 Å². The van der Waals surface area contributed by atoms with Gasteiger partial charge in [-0.05, 0) is 54.4 Å². The van der Waals surface area contributed by atoms with E-state index in [9.17, 15) is 55.1 Å². The second-order valence-electron chi connectivity index (χ2n) is 29.7. The summed E-state index contributed by atoms with van der Waals surface area (Å²) in [7, 11) is -1.27. The number of ketones is 5. The van der Waals surface area contributed by atoms with E-state index in [4.69, 9.17) is 75.3 Å². The minimum atomic E-state index is -4.52. The molecular weight excluding hydrogens is 1430 g/mol. The predicted molar refractivity (Wildman–Crippen MR) is 372 cm³/mol. The summed E-state index contributed by atoms with van der Waals surface area (Å²) in [6, 6.07) is 4.77. The van der Waals surface area contributed by atoms with E-state index < -0.39 is 62.5 Å². The van der Waals surface area contributed by atoms with Crippen molar-refractivity contribution in [3.63, 3.8) is 0 Å². The number of amides is 2. The van der Waals surface area contributed by atoms with Gasteiger partial charge in [0.05, 0.1) is 79.5 Å². The first-order valence-corrected chi connectivity index (χ1v) is 37.0. The van der Waals surface area contributed by atoms with Gasteiger partial charge in [-0.3, -0.25) is 24.0 Å². The van der Waals surface area contributed by atoms with Gasteiger partial charge in [-0.2, -0.15) is 51.8 Å². The molecule has 2 amide bonds. The molecule has 1 aliphatic heterocycles. The lowest BCUT2D eigenvalue weighted by Crippen LogP contribution is -2.45. The van der Waals surface area contributed by atoms with E-state index >= 15 is 0 Å². The molecule has 20 nitrogen and oxygen atoms in total. The number of hydrogen-bond donors (Lipinski definition) is 3. The van der Waals surface area contributed by atoms with Crippen molar-refractivity contribution in [3.8, 4) is 0 Å². The topological polar surface area (TPSA) is 285 Å². The quantitative estimate of drug-likeness (QED) is 0.0393. The zero-order chi connectivity index (χ0) is 75.7. The summed E-state index contributed by atoms with van der Waals surface area (Å²) in [5, 5.41) is 44.1. The van der Waals surface area contributed by atoms with E-state index in [1.807, 2.05) is 80.6 Å². The molecule has 0 radical (unpaired) electrons. The summed E-state index contributed by atoms with van der Waals surface area (Å²) in [6.07, 6.45) is -7.97. The first kappa shape index (κ1) is 88.6. The lowest BCUT2D eigenvalue weighted by Gasteiger charge is -2.18. The molecule has 1 saturated heterocycles. The number of aromatic nitrogens is 10. The van der Waals surface area contributed by atoms with Crippen LogP contribution in [-0.4, -0.2) is 136 Å². The number of carbonyl (C=O) groups is 6. The summed E-state index contributed by atoms with van der Waals surface area (Å²) in [5.74, 6) is 0.620. The van der Waals surface area contributed by atoms with Gasteiger partial charge in [0.1, 0.15) is 41.0 Å². The van der Waals surface area contributed by atoms with Crippen molar-refractivity contribution in [3.05, 3.63) is 112 Å². The number of nitrogens with zero attached hydrogens (tertiary/aromatic N) is 11. The van der Waals surface area contributed by atoms with Crippen LogP contribution in [0.4, 0.5) is 31.1 Å². The monoisotopic (exact) mass is 1510 g/mol. The van der Waals surface area contributed by atoms with Crippen LogP contribution in [0.2, 0.25) is 45.4 Å². The lowest BCUT2D eigenvalue weighted by atomic mass is 9.88. The molecule has 6 heterocycles. The highest BCUT2D eigenvalue weighted by Crippen LogP contribution is 2.29. The maximum atomic E-state index is 12.7. The molecule has 544 valence electrons. The van der Waals surface area contributed by atoms with Gasteiger partial charge < -0.3 is 21.3 Å². The Morgan fingerprint density at radius 2 is 0.827 bits per heavy atom. The van der Waals surface area contributed by atoms with E-state index in [0.717, 1.165) is 27.8 Å². The Bertz CT molecular complexity index is 3570. The number of Topliss-reactive ketones (excluding diaryl/α,β-unsaturated/α-hetero) is 5. The van der Waals surface area contributed by atoms with Gasteiger partial charge in [0.2, 0.25) is 0 Å². The number of carbonyl (C=O) groups excluding carboxylic acids is 6. The number of aryl methyl sites for hydroxylation is 1. The number of halogens is 12. The van der Waals surface area contributed by atoms with E-state index in [1.54, 1.807) is 59.7 Å². The van der Waals surface area contributed by atoms with E-state index in [-0.39, 0.29) is 93.7 Å². The highest BCUT2D eigenvalue weighted by Gasteiger charge is 2.47. The summed E-state index contributed by atoms with van der Waals surface area (Å²) >= 11 is 35.1. The van der Waals surface area contributed by atoms with E-state index in [0.29, 0.717) is 67.8 Å².